The highest BCUT2D eigenvalue weighted by Crippen LogP contribution is 2.30. The van der Waals surface area contributed by atoms with E-state index >= 15 is 0 Å². The van der Waals surface area contributed by atoms with Crippen molar-refractivity contribution in [1.29, 1.82) is 0 Å². The highest BCUT2D eigenvalue weighted by molar-refractivity contribution is 7.91. The Hall–Kier alpha value is -0.920. The van der Waals surface area contributed by atoms with Crippen LogP contribution in [0.25, 0.3) is 0 Å². The molecule has 7 heteroatoms. The van der Waals surface area contributed by atoms with Gasteiger partial charge < -0.3 is 4.90 Å². The summed E-state index contributed by atoms with van der Waals surface area (Å²) in [5.74, 6) is 0.0586. The number of carbonyl (C=O) groups excluding carboxylic acids is 1. The quantitative estimate of drug-likeness (QED) is 0.919. The van der Waals surface area contributed by atoms with E-state index in [4.69, 9.17) is 5.14 Å². The van der Waals surface area contributed by atoms with Crippen LogP contribution in [0.3, 0.4) is 0 Å². The van der Waals surface area contributed by atoms with E-state index in [9.17, 15) is 13.2 Å². The van der Waals surface area contributed by atoms with Crippen molar-refractivity contribution in [3.63, 3.8) is 0 Å². The van der Waals surface area contributed by atoms with Crippen molar-refractivity contribution in [2.24, 2.45) is 10.6 Å². The lowest BCUT2D eigenvalue weighted by molar-refractivity contribution is -0.132. The third-order valence-corrected chi connectivity index (χ3v) is 6.24. The van der Waals surface area contributed by atoms with Crippen molar-refractivity contribution in [2.75, 3.05) is 13.1 Å². The Morgan fingerprint density at radius 3 is 2.45 bits per heavy atom. The van der Waals surface area contributed by atoms with Crippen LogP contribution in [-0.4, -0.2) is 32.3 Å². The van der Waals surface area contributed by atoms with Gasteiger partial charge in [-0.3, -0.25) is 4.79 Å². The van der Waals surface area contributed by atoms with Crippen LogP contribution in [0.2, 0.25) is 0 Å². The number of thiophene rings is 1. The Balaban J connectivity index is 1.97. The molecular formula is C13H20N2O3S2. The largest absolute Gasteiger partial charge is 0.342 e. The Bertz CT molecular complexity index is 595. The minimum Gasteiger partial charge on any atom is -0.342 e. The molecule has 0 atom stereocenters. The number of nitrogens with zero attached hydrogens (tertiary/aromatic N) is 1. The second-order valence-electron chi connectivity index (χ2n) is 5.99. The van der Waals surface area contributed by atoms with Crippen LogP contribution in [0.4, 0.5) is 0 Å². The average Bonchev–Trinajstić information content (AvgIpc) is 2.77. The number of likely N-dealkylation sites (tertiary alicyclic amines) is 1. The topological polar surface area (TPSA) is 80.5 Å². The van der Waals surface area contributed by atoms with Crippen molar-refractivity contribution in [3.05, 3.63) is 17.0 Å². The molecule has 20 heavy (non-hydrogen) atoms. The molecule has 0 aliphatic carbocycles. The van der Waals surface area contributed by atoms with Gasteiger partial charge in [0.25, 0.3) is 0 Å². The number of piperidine rings is 1. The first-order valence-electron chi connectivity index (χ1n) is 6.57. The predicted molar refractivity (Wildman–Crippen MR) is 79.0 cm³/mol. The van der Waals surface area contributed by atoms with Gasteiger partial charge >= 0.3 is 0 Å². The number of carbonyl (C=O) groups is 1. The number of hydrogen-bond donors (Lipinski definition) is 1. The summed E-state index contributed by atoms with van der Waals surface area (Å²) < 4.78 is 22.5. The summed E-state index contributed by atoms with van der Waals surface area (Å²) in [6.45, 7) is 5.98. The van der Waals surface area contributed by atoms with E-state index in [1.807, 2.05) is 4.90 Å². The molecule has 5 nitrogen and oxygen atoms in total. The molecule has 0 saturated carbocycles. The van der Waals surface area contributed by atoms with Crippen LogP contribution in [-0.2, 0) is 21.2 Å². The molecule has 1 aromatic heterocycles. The van der Waals surface area contributed by atoms with Crippen molar-refractivity contribution >= 4 is 27.3 Å². The molecular weight excluding hydrogens is 296 g/mol. The normalized spacial score (nSPS) is 19.1. The van der Waals surface area contributed by atoms with Gasteiger partial charge in [-0.15, -0.1) is 11.3 Å². The van der Waals surface area contributed by atoms with E-state index in [0.717, 1.165) is 42.1 Å². The number of amides is 1. The van der Waals surface area contributed by atoms with Crippen LogP contribution in [0.15, 0.2) is 16.3 Å². The van der Waals surface area contributed by atoms with E-state index in [1.54, 1.807) is 6.07 Å². The van der Waals surface area contributed by atoms with E-state index in [1.165, 1.54) is 6.07 Å². The van der Waals surface area contributed by atoms with E-state index in [2.05, 4.69) is 13.8 Å². The molecule has 0 unspecified atom stereocenters. The van der Waals surface area contributed by atoms with Crippen LogP contribution in [0, 0.1) is 5.41 Å². The standard InChI is InChI=1S/C13H20N2O3S2/c1-13(2)5-7-15(8-6-13)11(16)9-10-3-4-12(19-10)20(14,17)18/h3-4H,5-9H2,1-2H3,(H2,14,17,18). The first-order valence-corrected chi connectivity index (χ1v) is 8.93. The van der Waals surface area contributed by atoms with Crippen LogP contribution in [0.1, 0.15) is 31.6 Å². The Morgan fingerprint density at radius 2 is 1.95 bits per heavy atom. The summed E-state index contributed by atoms with van der Waals surface area (Å²) in [5, 5.41) is 5.06. The number of nitrogens with two attached hydrogens (primary N) is 1. The fourth-order valence-electron chi connectivity index (χ4n) is 2.23. The molecule has 0 radical (unpaired) electrons. The zero-order valence-corrected chi connectivity index (χ0v) is 13.4. The van der Waals surface area contributed by atoms with Gasteiger partial charge in [-0.25, -0.2) is 13.6 Å². The monoisotopic (exact) mass is 316 g/mol. The molecule has 0 bridgehead atoms. The Labute approximate surface area is 123 Å². The van der Waals surface area contributed by atoms with Crippen molar-refractivity contribution < 1.29 is 13.2 Å². The highest BCUT2D eigenvalue weighted by Gasteiger charge is 2.28. The summed E-state index contributed by atoms with van der Waals surface area (Å²) >= 11 is 1.07. The van der Waals surface area contributed by atoms with Gasteiger partial charge in [-0.05, 0) is 30.4 Å². The van der Waals surface area contributed by atoms with Crippen LogP contribution < -0.4 is 5.14 Å². The third kappa shape index (κ3) is 3.80. The third-order valence-electron chi connectivity index (χ3n) is 3.71. The predicted octanol–water partition coefficient (Wildman–Crippen LogP) is 1.59. The molecule has 2 N–H and O–H groups in total. The van der Waals surface area contributed by atoms with Crippen molar-refractivity contribution in [3.8, 4) is 0 Å². The number of rotatable bonds is 3. The minimum absolute atomic E-state index is 0.0586. The lowest BCUT2D eigenvalue weighted by atomic mass is 9.82. The summed E-state index contributed by atoms with van der Waals surface area (Å²) in [4.78, 5) is 14.8. The average molecular weight is 316 g/mol. The van der Waals surface area contributed by atoms with Crippen molar-refractivity contribution in [1.82, 2.24) is 4.90 Å². The van der Waals surface area contributed by atoms with E-state index < -0.39 is 10.0 Å². The summed E-state index contributed by atoms with van der Waals surface area (Å²) in [7, 11) is -3.66. The SMILES string of the molecule is CC1(C)CCN(C(=O)Cc2ccc(S(N)(=O)=O)s2)CC1. The summed E-state index contributed by atoms with van der Waals surface area (Å²) in [6, 6.07) is 3.12. The molecule has 1 aliphatic heterocycles. The number of sulfonamides is 1. The first kappa shape index (κ1) is 15.5. The molecule has 1 aromatic rings. The second kappa shape index (κ2) is 5.46. The van der Waals surface area contributed by atoms with E-state index in [-0.39, 0.29) is 16.5 Å². The Kier molecular flexibility index (Phi) is 4.22. The van der Waals surface area contributed by atoms with Gasteiger partial charge in [0.15, 0.2) is 0 Å². The maximum atomic E-state index is 12.2. The molecule has 1 aliphatic rings. The molecule has 2 heterocycles. The van der Waals surface area contributed by atoms with Gasteiger partial charge in [0.2, 0.25) is 15.9 Å². The van der Waals surface area contributed by atoms with Gasteiger partial charge in [0.1, 0.15) is 4.21 Å². The zero-order chi connectivity index (χ0) is 15.0. The molecule has 112 valence electrons. The van der Waals surface area contributed by atoms with E-state index in [0.29, 0.717) is 5.41 Å². The van der Waals surface area contributed by atoms with Gasteiger partial charge in [-0.2, -0.15) is 0 Å². The van der Waals surface area contributed by atoms with Gasteiger partial charge in [0.05, 0.1) is 6.42 Å². The molecule has 1 fully saturated rings. The number of hydrogen-bond acceptors (Lipinski definition) is 4. The lowest BCUT2D eigenvalue weighted by Gasteiger charge is -2.36. The van der Waals surface area contributed by atoms with Crippen LogP contribution in [0.5, 0.6) is 0 Å². The molecule has 2 rings (SSSR count). The second-order valence-corrected chi connectivity index (χ2v) is 8.94. The van der Waals surface area contributed by atoms with Crippen molar-refractivity contribution in [2.45, 2.75) is 37.3 Å². The molecule has 0 spiro atoms. The summed E-state index contributed by atoms with van der Waals surface area (Å²) in [6.07, 6.45) is 2.26. The fourth-order valence-corrected chi connectivity index (χ4v) is 4.00. The van der Waals surface area contributed by atoms with Gasteiger partial charge in [0, 0.05) is 18.0 Å². The molecule has 0 aromatic carbocycles. The molecule has 1 amide bonds. The Morgan fingerprint density at radius 1 is 1.35 bits per heavy atom. The maximum Gasteiger partial charge on any atom is 0.247 e. The lowest BCUT2D eigenvalue weighted by Crippen LogP contribution is -2.41. The minimum atomic E-state index is -3.66. The summed E-state index contributed by atoms with van der Waals surface area (Å²) in [5.41, 5.74) is 0.306. The highest BCUT2D eigenvalue weighted by atomic mass is 32.2. The molecule has 1 saturated heterocycles. The fraction of sp³-hybridized carbons (Fsp3) is 0.615. The van der Waals surface area contributed by atoms with Crippen LogP contribution >= 0.6 is 11.3 Å². The maximum absolute atomic E-state index is 12.2. The smallest absolute Gasteiger partial charge is 0.247 e. The zero-order valence-electron chi connectivity index (χ0n) is 11.8. The number of primary sulfonamides is 1. The van der Waals surface area contributed by atoms with Gasteiger partial charge in [-0.1, -0.05) is 13.8 Å². The first-order chi connectivity index (χ1) is 9.17.